The summed E-state index contributed by atoms with van der Waals surface area (Å²) in [5.41, 5.74) is 1.53. The average molecular weight is 336 g/mol. The van der Waals surface area contributed by atoms with Gasteiger partial charge in [0.15, 0.2) is 0 Å². The van der Waals surface area contributed by atoms with E-state index < -0.39 is 0 Å². The molecule has 1 aromatic rings. The van der Waals surface area contributed by atoms with Crippen LogP contribution in [0.15, 0.2) is 28.7 Å². The molecule has 0 aromatic heterocycles. The second kappa shape index (κ2) is 6.62. The van der Waals surface area contributed by atoms with Crippen LogP contribution < -0.4 is 5.32 Å². The van der Waals surface area contributed by atoms with Crippen LogP contribution in [0.25, 0.3) is 0 Å². The molecule has 20 heavy (non-hydrogen) atoms. The van der Waals surface area contributed by atoms with Crippen molar-refractivity contribution >= 4 is 15.9 Å². The zero-order chi connectivity index (χ0) is 13.9. The molecule has 1 aromatic carbocycles. The first kappa shape index (κ1) is 14.6. The lowest BCUT2D eigenvalue weighted by Gasteiger charge is -2.41. The third kappa shape index (κ3) is 3.28. The lowest BCUT2D eigenvalue weighted by Crippen LogP contribution is -2.39. The van der Waals surface area contributed by atoms with E-state index in [4.69, 9.17) is 0 Å². The highest BCUT2D eigenvalue weighted by Gasteiger charge is 2.34. The van der Waals surface area contributed by atoms with E-state index in [1.165, 1.54) is 48.7 Å². The van der Waals surface area contributed by atoms with Crippen LogP contribution in [0.2, 0.25) is 0 Å². The third-order valence-electron chi connectivity index (χ3n) is 5.42. The van der Waals surface area contributed by atoms with E-state index in [0.29, 0.717) is 5.92 Å². The molecule has 0 spiro atoms. The van der Waals surface area contributed by atoms with Crippen molar-refractivity contribution < 1.29 is 0 Å². The molecular weight excluding hydrogens is 310 g/mol. The maximum Gasteiger partial charge on any atom is 0.0175 e. The van der Waals surface area contributed by atoms with Gasteiger partial charge in [-0.3, -0.25) is 0 Å². The predicted molar refractivity (Wildman–Crippen MR) is 89.0 cm³/mol. The first-order valence-corrected chi connectivity index (χ1v) is 8.99. The fourth-order valence-corrected chi connectivity index (χ4v) is 4.65. The molecule has 1 nitrogen and oxygen atoms in total. The van der Waals surface area contributed by atoms with Crippen molar-refractivity contribution in [2.24, 2.45) is 17.8 Å². The van der Waals surface area contributed by atoms with E-state index in [9.17, 15) is 0 Å². The van der Waals surface area contributed by atoms with Crippen LogP contribution in [0.1, 0.15) is 50.5 Å². The zero-order valence-electron chi connectivity index (χ0n) is 12.4. The summed E-state index contributed by atoms with van der Waals surface area (Å²) in [6.07, 6.45) is 7.17. The predicted octanol–water partition coefficient (Wildman–Crippen LogP) is 4.97. The van der Waals surface area contributed by atoms with Crippen LogP contribution in [-0.2, 0) is 0 Å². The van der Waals surface area contributed by atoms with Gasteiger partial charge in [0.1, 0.15) is 0 Å². The molecule has 110 valence electrons. The topological polar surface area (TPSA) is 12.0 Å². The monoisotopic (exact) mass is 335 g/mol. The van der Waals surface area contributed by atoms with E-state index in [1.807, 2.05) is 0 Å². The molecule has 2 heteroatoms. The van der Waals surface area contributed by atoms with Crippen molar-refractivity contribution in [1.29, 1.82) is 0 Å². The molecule has 1 saturated carbocycles. The molecule has 1 N–H and O–H groups in total. The summed E-state index contributed by atoms with van der Waals surface area (Å²) in [5, 5.41) is 3.62. The van der Waals surface area contributed by atoms with Gasteiger partial charge in [-0.25, -0.2) is 0 Å². The number of nitrogens with one attached hydrogen (secondary N) is 1. The molecule has 4 atom stereocenters. The minimum atomic E-state index is 0.715. The Hall–Kier alpha value is -0.340. The average Bonchev–Trinajstić information content (AvgIpc) is 2.48. The van der Waals surface area contributed by atoms with Crippen LogP contribution in [0.4, 0.5) is 0 Å². The second-order valence-corrected chi connectivity index (χ2v) is 7.76. The maximum absolute atomic E-state index is 3.62. The first-order valence-electron chi connectivity index (χ1n) is 8.20. The summed E-state index contributed by atoms with van der Waals surface area (Å²) in [7, 11) is 0. The first-order chi connectivity index (χ1) is 9.74. The molecule has 1 aliphatic carbocycles. The van der Waals surface area contributed by atoms with Crippen LogP contribution >= 0.6 is 15.9 Å². The Morgan fingerprint density at radius 2 is 1.90 bits per heavy atom. The van der Waals surface area contributed by atoms with Crippen molar-refractivity contribution in [2.45, 2.75) is 44.9 Å². The molecule has 0 bridgehead atoms. The Kier molecular flexibility index (Phi) is 4.83. The lowest BCUT2D eigenvalue weighted by molar-refractivity contribution is 0.152. The number of hydrogen-bond acceptors (Lipinski definition) is 1. The summed E-state index contributed by atoms with van der Waals surface area (Å²) < 4.78 is 1.19. The van der Waals surface area contributed by atoms with Crippen LogP contribution in [0, 0.1) is 17.8 Å². The number of hydrogen-bond donors (Lipinski definition) is 1. The fraction of sp³-hybridized carbons (Fsp3) is 0.667. The van der Waals surface area contributed by atoms with Gasteiger partial charge in [-0.05, 0) is 60.8 Å². The molecule has 3 rings (SSSR count). The van der Waals surface area contributed by atoms with Gasteiger partial charge in [-0.1, -0.05) is 54.2 Å². The van der Waals surface area contributed by atoms with Crippen LogP contribution in [-0.4, -0.2) is 13.1 Å². The SMILES string of the molecule is CC1CCCC(C2CCNCC2c2ccc(Br)cc2)C1. The van der Waals surface area contributed by atoms with E-state index >= 15 is 0 Å². The van der Waals surface area contributed by atoms with Gasteiger partial charge in [0.25, 0.3) is 0 Å². The summed E-state index contributed by atoms with van der Waals surface area (Å²) >= 11 is 3.55. The largest absolute Gasteiger partial charge is 0.316 e. The molecule has 0 radical (unpaired) electrons. The summed E-state index contributed by atoms with van der Waals surface area (Å²) in [6, 6.07) is 9.04. The Morgan fingerprint density at radius 3 is 2.65 bits per heavy atom. The molecule has 4 unspecified atom stereocenters. The standard InChI is InChI=1S/C18H26BrN/c1-13-3-2-4-15(11-13)17-9-10-20-12-18(17)14-5-7-16(19)8-6-14/h5-8,13,15,17-18,20H,2-4,9-12H2,1H3. The third-order valence-corrected chi connectivity index (χ3v) is 5.94. The number of piperidine rings is 1. The van der Waals surface area contributed by atoms with Crippen LogP contribution in [0.3, 0.4) is 0 Å². The van der Waals surface area contributed by atoms with Gasteiger partial charge in [-0.15, -0.1) is 0 Å². The van der Waals surface area contributed by atoms with Gasteiger partial charge in [0, 0.05) is 11.0 Å². The molecular formula is C18H26BrN. The number of rotatable bonds is 2. The summed E-state index contributed by atoms with van der Waals surface area (Å²) in [5.74, 6) is 3.50. The van der Waals surface area contributed by atoms with E-state index in [-0.39, 0.29) is 0 Å². The van der Waals surface area contributed by atoms with Crippen molar-refractivity contribution in [1.82, 2.24) is 5.32 Å². The molecule has 1 saturated heterocycles. The Bertz CT molecular complexity index is 428. The highest BCUT2D eigenvalue weighted by atomic mass is 79.9. The van der Waals surface area contributed by atoms with Gasteiger partial charge < -0.3 is 5.32 Å². The zero-order valence-corrected chi connectivity index (χ0v) is 14.0. The second-order valence-electron chi connectivity index (χ2n) is 6.85. The Morgan fingerprint density at radius 1 is 1.10 bits per heavy atom. The van der Waals surface area contributed by atoms with Gasteiger partial charge in [-0.2, -0.15) is 0 Å². The van der Waals surface area contributed by atoms with E-state index in [1.54, 1.807) is 0 Å². The quantitative estimate of drug-likeness (QED) is 0.804. The van der Waals surface area contributed by atoms with Crippen molar-refractivity contribution in [2.75, 3.05) is 13.1 Å². The van der Waals surface area contributed by atoms with Gasteiger partial charge >= 0.3 is 0 Å². The molecule has 1 heterocycles. The fourth-order valence-electron chi connectivity index (χ4n) is 4.39. The van der Waals surface area contributed by atoms with Gasteiger partial charge in [0.05, 0.1) is 0 Å². The molecule has 0 amide bonds. The number of halogens is 1. The Balaban J connectivity index is 1.78. The van der Waals surface area contributed by atoms with Crippen LogP contribution in [0.5, 0.6) is 0 Å². The summed E-state index contributed by atoms with van der Waals surface area (Å²) in [6.45, 7) is 4.82. The van der Waals surface area contributed by atoms with Crippen molar-refractivity contribution in [3.8, 4) is 0 Å². The highest BCUT2D eigenvalue weighted by Crippen LogP contribution is 2.42. The minimum absolute atomic E-state index is 0.715. The number of benzene rings is 1. The summed E-state index contributed by atoms with van der Waals surface area (Å²) in [4.78, 5) is 0. The van der Waals surface area contributed by atoms with E-state index in [0.717, 1.165) is 24.3 Å². The minimum Gasteiger partial charge on any atom is -0.316 e. The molecule has 2 aliphatic rings. The highest BCUT2D eigenvalue weighted by molar-refractivity contribution is 9.10. The maximum atomic E-state index is 3.62. The Labute approximate surface area is 131 Å². The normalized spacial score (nSPS) is 34.9. The smallest absolute Gasteiger partial charge is 0.0175 e. The molecule has 1 aliphatic heterocycles. The lowest BCUT2D eigenvalue weighted by atomic mass is 9.67. The molecule has 2 fully saturated rings. The van der Waals surface area contributed by atoms with Crippen molar-refractivity contribution in [3.63, 3.8) is 0 Å². The van der Waals surface area contributed by atoms with Crippen molar-refractivity contribution in [3.05, 3.63) is 34.3 Å². The van der Waals surface area contributed by atoms with E-state index in [2.05, 4.69) is 52.4 Å². The van der Waals surface area contributed by atoms with Gasteiger partial charge in [0.2, 0.25) is 0 Å².